The molecule has 33 heavy (non-hydrogen) atoms. The van der Waals surface area contributed by atoms with E-state index in [2.05, 4.69) is 5.32 Å². The van der Waals surface area contributed by atoms with Crippen molar-refractivity contribution in [1.29, 1.82) is 0 Å². The van der Waals surface area contributed by atoms with Crippen LogP contribution in [0.1, 0.15) is 57.4 Å². The van der Waals surface area contributed by atoms with Gasteiger partial charge in [-0.25, -0.2) is 4.79 Å². The maximum atomic E-state index is 13.7. The van der Waals surface area contributed by atoms with Crippen LogP contribution in [0.3, 0.4) is 0 Å². The van der Waals surface area contributed by atoms with Crippen LogP contribution in [0.2, 0.25) is 0 Å². The molecule has 1 N–H and O–H groups in total. The number of Topliss-reactive ketones (excluding diaryl/α,β-unsaturated/α-hetero) is 1. The van der Waals surface area contributed by atoms with E-state index in [1.807, 2.05) is 38.1 Å². The van der Waals surface area contributed by atoms with Gasteiger partial charge in [0.1, 0.15) is 17.8 Å². The van der Waals surface area contributed by atoms with Crippen molar-refractivity contribution in [2.45, 2.75) is 58.0 Å². The molecule has 1 aliphatic heterocycles. The number of carbonyl (C=O) groups is 3. The molecule has 0 amide bonds. The highest BCUT2D eigenvalue weighted by molar-refractivity contribution is 6.12. The number of methoxy groups -OCH3 is 2. The van der Waals surface area contributed by atoms with Gasteiger partial charge < -0.3 is 19.5 Å². The van der Waals surface area contributed by atoms with Crippen molar-refractivity contribution in [3.05, 3.63) is 52.4 Å². The van der Waals surface area contributed by atoms with Crippen LogP contribution in [0, 0.1) is 11.8 Å². The van der Waals surface area contributed by atoms with Gasteiger partial charge in [-0.1, -0.05) is 19.1 Å². The van der Waals surface area contributed by atoms with E-state index in [4.69, 9.17) is 14.2 Å². The van der Waals surface area contributed by atoms with E-state index in [9.17, 15) is 14.4 Å². The summed E-state index contributed by atoms with van der Waals surface area (Å²) >= 11 is 0. The second-order valence-corrected chi connectivity index (χ2v) is 9.12. The van der Waals surface area contributed by atoms with Gasteiger partial charge in [-0.05, 0) is 62.6 Å². The van der Waals surface area contributed by atoms with Gasteiger partial charge in [-0.15, -0.1) is 0 Å². The number of rotatable bonds is 5. The fourth-order valence-electron chi connectivity index (χ4n) is 5.33. The number of carbonyl (C=O) groups excluding carboxylic acids is 3. The molecule has 2 aliphatic carbocycles. The maximum Gasteiger partial charge on any atom is 0.337 e. The molecule has 0 unspecified atom stereocenters. The largest absolute Gasteiger partial charge is 0.497 e. The molecule has 1 fully saturated rings. The Morgan fingerprint density at radius 1 is 1.12 bits per heavy atom. The van der Waals surface area contributed by atoms with Crippen molar-refractivity contribution >= 4 is 17.7 Å². The molecular formula is C26H31NO6. The van der Waals surface area contributed by atoms with E-state index in [1.165, 1.54) is 7.11 Å². The quantitative estimate of drug-likeness (QED) is 0.536. The number of nitrogens with one attached hydrogen (secondary N) is 1. The summed E-state index contributed by atoms with van der Waals surface area (Å²) in [6, 6.07) is 7.35. The molecule has 7 nitrogen and oxygen atoms in total. The van der Waals surface area contributed by atoms with Crippen LogP contribution in [0.5, 0.6) is 5.75 Å². The average Bonchev–Trinajstić information content (AvgIpc) is 3.30. The van der Waals surface area contributed by atoms with Gasteiger partial charge in [-0.2, -0.15) is 0 Å². The number of hydrogen-bond donors (Lipinski definition) is 1. The molecule has 7 heteroatoms. The predicted octanol–water partition coefficient (Wildman–Crippen LogP) is 3.79. The van der Waals surface area contributed by atoms with Crippen LogP contribution >= 0.6 is 0 Å². The first-order valence-electron chi connectivity index (χ1n) is 11.5. The van der Waals surface area contributed by atoms with Crippen molar-refractivity contribution in [3.63, 3.8) is 0 Å². The molecule has 176 valence electrons. The standard InChI is InChI=1S/C26H31NO6/c1-14-12-19-23(24(28)20(14)25(29)32-4)22(16-8-7-11-18(13-16)31-3)21(15(2)27-19)26(30)33-17-9-5-6-10-17/h7-8,11,13-14,17,20,22,27H,5-6,9-10,12H2,1-4H3/t14-,20+,22-/m1/s1. The highest BCUT2D eigenvalue weighted by Gasteiger charge is 2.47. The van der Waals surface area contributed by atoms with E-state index < -0.39 is 23.8 Å². The summed E-state index contributed by atoms with van der Waals surface area (Å²) in [6.07, 6.45) is 4.18. The Morgan fingerprint density at radius 3 is 2.52 bits per heavy atom. The molecule has 3 atom stereocenters. The SMILES string of the molecule is COC(=O)[C@@H]1C(=O)C2=C(C[C@H]1C)NC(C)=C(C(=O)OC1CCCC1)[C@H]2c1cccc(OC)c1. The van der Waals surface area contributed by atoms with Gasteiger partial charge in [0.25, 0.3) is 0 Å². The lowest BCUT2D eigenvalue weighted by Gasteiger charge is -2.38. The topological polar surface area (TPSA) is 90.9 Å². The third-order valence-electron chi connectivity index (χ3n) is 6.97. The highest BCUT2D eigenvalue weighted by Crippen LogP contribution is 2.46. The Kier molecular flexibility index (Phi) is 6.58. The minimum Gasteiger partial charge on any atom is -0.497 e. The van der Waals surface area contributed by atoms with Crippen molar-refractivity contribution in [2.75, 3.05) is 14.2 Å². The Morgan fingerprint density at radius 2 is 1.85 bits per heavy atom. The average molecular weight is 454 g/mol. The number of esters is 2. The third-order valence-corrected chi connectivity index (χ3v) is 6.97. The summed E-state index contributed by atoms with van der Waals surface area (Å²) in [7, 11) is 2.86. The maximum absolute atomic E-state index is 13.7. The van der Waals surface area contributed by atoms with Crippen molar-refractivity contribution in [1.82, 2.24) is 5.32 Å². The lowest BCUT2D eigenvalue weighted by molar-refractivity contribution is -0.151. The fourth-order valence-corrected chi connectivity index (χ4v) is 5.33. The Labute approximate surface area is 194 Å². The number of ketones is 1. The molecular weight excluding hydrogens is 422 g/mol. The van der Waals surface area contributed by atoms with E-state index in [0.717, 1.165) is 36.9 Å². The highest BCUT2D eigenvalue weighted by atomic mass is 16.5. The smallest absolute Gasteiger partial charge is 0.337 e. The lowest BCUT2D eigenvalue weighted by atomic mass is 9.69. The van der Waals surface area contributed by atoms with Gasteiger partial charge >= 0.3 is 11.9 Å². The second kappa shape index (κ2) is 9.41. The van der Waals surface area contributed by atoms with Crippen LogP contribution in [0.4, 0.5) is 0 Å². The molecule has 3 aliphatic rings. The van der Waals surface area contributed by atoms with Gasteiger partial charge in [0.05, 0.1) is 19.8 Å². The summed E-state index contributed by atoms with van der Waals surface area (Å²) in [5.74, 6) is -2.45. The van der Waals surface area contributed by atoms with E-state index >= 15 is 0 Å². The van der Waals surface area contributed by atoms with Crippen LogP contribution in [-0.2, 0) is 23.9 Å². The predicted molar refractivity (Wildman–Crippen MR) is 121 cm³/mol. The molecule has 0 radical (unpaired) electrons. The Hall–Kier alpha value is -3.09. The molecule has 0 aromatic heterocycles. The number of allylic oxidation sites excluding steroid dienone is 3. The molecule has 4 rings (SSSR count). The molecule has 1 aromatic carbocycles. The van der Waals surface area contributed by atoms with E-state index in [0.29, 0.717) is 29.0 Å². The Bertz CT molecular complexity index is 1030. The van der Waals surface area contributed by atoms with Crippen LogP contribution in [-0.4, -0.2) is 38.0 Å². The lowest BCUT2D eigenvalue weighted by Crippen LogP contribution is -2.43. The zero-order chi connectivity index (χ0) is 23.7. The molecule has 0 saturated heterocycles. The van der Waals surface area contributed by atoms with Crippen LogP contribution in [0.25, 0.3) is 0 Å². The second-order valence-electron chi connectivity index (χ2n) is 9.12. The zero-order valence-corrected chi connectivity index (χ0v) is 19.6. The normalized spacial score (nSPS) is 25.5. The number of hydrogen-bond acceptors (Lipinski definition) is 7. The fraction of sp³-hybridized carbons (Fsp3) is 0.500. The van der Waals surface area contributed by atoms with Crippen molar-refractivity contribution in [3.8, 4) is 5.75 Å². The third kappa shape index (κ3) is 4.28. The summed E-state index contributed by atoms with van der Waals surface area (Å²) in [5, 5.41) is 3.30. The zero-order valence-electron chi connectivity index (χ0n) is 19.6. The minimum atomic E-state index is -0.908. The van der Waals surface area contributed by atoms with Gasteiger partial charge in [0.15, 0.2) is 5.78 Å². The van der Waals surface area contributed by atoms with Crippen LogP contribution in [0.15, 0.2) is 46.8 Å². The first-order chi connectivity index (χ1) is 15.8. The molecule has 1 aromatic rings. The first-order valence-corrected chi connectivity index (χ1v) is 11.5. The van der Waals surface area contributed by atoms with Crippen molar-refractivity contribution in [2.24, 2.45) is 11.8 Å². The van der Waals surface area contributed by atoms with Crippen molar-refractivity contribution < 1.29 is 28.6 Å². The van der Waals surface area contributed by atoms with Gasteiger partial charge in [-0.3, -0.25) is 9.59 Å². The number of dihydropyridines is 1. The molecule has 1 heterocycles. The first kappa shape index (κ1) is 23.1. The van der Waals surface area contributed by atoms with E-state index in [-0.39, 0.29) is 17.8 Å². The number of benzene rings is 1. The molecule has 0 spiro atoms. The molecule has 0 bridgehead atoms. The summed E-state index contributed by atoms with van der Waals surface area (Å²) in [4.78, 5) is 39.7. The van der Waals surface area contributed by atoms with Gasteiger partial charge in [0.2, 0.25) is 0 Å². The summed E-state index contributed by atoms with van der Waals surface area (Å²) in [6.45, 7) is 3.71. The summed E-state index contributed by atoms with van der Waals surface area (Å²) in [5.41, 5.74) is 2.99. The number of ether oxygens (including phenoxy) is 3. The van der Waals surface area contributed by atoms with Gasteiger partial charge in [0, 0.05) is 22.9 Å². The monoisotopic (exact) mass is 453 g/mol. The summed E-state index contributed by atoms with van der Waals surface area (Å²) < 4.78 is 16.2. The van der Waals surface area contributed by atoms with Crippen LogP contribution < -0.4 is 10.1 Å². The Balaban J connectivity index is 1.82. The molecule has 1 saturated carbocycles. The van der Waals surface area contributed by atoms with E-state index in [1.54, 1.807) is 7.11 Å². The minimum absolute atomic E-state index is 0.107.